The lowest BCUT2D eigenvalue weighted by Gasteiger charge is -2.27. The van der Waals surface area contributed by atoms with E-state index in [1.807, 2.05) is 26.1 Å². The Balaban J connectivity index is 1.70. The van der Waals surface area contributed by atoms with Crippen LogP contribution < -0.4 is 0 Å². The largest absolute Gasteiger partial charge is 0.447 e. The van der Waals surface area contributed by atoms with E-state index in [2.05, 4.69) is 23.2 Å². The molecule has 0 aromatic carbocycles. The summed E-state index contributed by atoms with van der Waals surface area (Å²) in [5, 5.41) is 0. The number of carbonyl (C=O) groups is 1. The fourth-order valence-electron chi connectivity index (χ4n) is 2.81. The third-order valence-corrected chi connectivity index (χ3v) is 3.83. The Hall–Kier alpha value is -2.10. The SMILES string of the molecule is CC(C)OC(=O)N1CC=C(C2=CCc3ncccc32)CC1. The van der Waals surface area contributed by atoms with Crippen molar-refractivity contribution in [3.05, 3.63) is 47.3 Å². The summed E-state index contributed by atoms with van der Waals surface area (Å²) in [6.07, 6.45) is 7.70. The summed E-state index contributed by atoms with van der Waals surface area (Å²) in [6, 6.07) is 4.11. The average molecular weight is 284 g/mol. The van der Waals surface area contributed by atoms with Gasteiger partial charge >= 0.3 is 6.09 Å². The second kappa shape index (κ2) is 5.72. The molecule has 0 saturated heterocycles. The van der Waals surface area contributed by atoms with Crippen LogP contribution in [0.5, 0.6) is 0 Å². The molecule has 0 spiro atoms. The number of nitrogens with zero attached hydrogens (tertiary/aromatic N) is 2. The van der Waals surface area contributed by atoms with E-state index >= 15 is 0 Å². The molecule has 4 nitrogen and oxygen atoms in total. The van der Waals surface area contributed by atoms with E-state index in [9.17, 15) is 4.79 Å². The van der Waals surface area contributed by atoms with E-state index in [0.29, 0.717) is 13.1 Å². The highest BCUT2D eigenvalue weighted by molar-refractivity contribution is 5.83. The van der Waals surface area contributed by atoms with Crippen molar-refractivity contribution in [2.45, 2.75) is 32.8 Å². The van der Waals surface area contributed by atoms with Crippen molar-refractivity contribution in [3.63, 3.8) is 0 Å². The van der Waals surface area contributed by atoms with E-state index in [1.54, 1.807) is 4.90 Å². The summed E-state index contributed by atoms with van der Waals surface area (Å²) in [5.41, 5.74) is 4.99. The van der Waals surface area contributed by atoms with Crippen molar-refractivity contribution in [1.82, 2.24) is 9.88 Å². The van der Waals surface area contributed by atoms with Gasteiger partial charge in [-0.15, -0.1) is 0 Å². The standard InChI is InChI=1S/C17H20N2O2/c1-12(2)21-17(20)19-10-7-13(8-11-19)14-5-6-16-15(14)4-3-9-18-16/h3-5,7,9,12H,6,8,10-11H2,1-2H3. The van der Waals surface area contributed by atoms with E-state index in [4.69, 9.17) is 4.74 Å². The highest BCUT2D eigenvalue weighted by Crippen LogP contribution is 2.34. The lowest BCUT2D eigenvalue weighted by molar-refractivity contribution is 0.0793. The summed E-state index contributed by atoms with van der Waals surface area (Å²) in [6.45, 7) is 5.07. The van der Waals surface area contributed by atoms with Crippen molar-refractivity contribution in [2.75, 3.05) is 13.1 Å². The minimum atomic E-state index is -0.220. The van der Waals surface area contributed by atoms with Gasteiger partial charge in [-0.05, 0) is 37.5 Å². The molecule has 2 heterocycles. The van der Waals surface area contributed by atoms with Crippen LogP contribution in [-0.2, 0) is 11.2 Å². The molecule has 0 unspecified atom stereocenters. The van der Waals surface area contributed by atoms with Gasteiger partial charge in [0, 0.05) is 31.3 Å². The molecule has 21 heavy (non-hydrogen) atoms. The topological polar surface area (TPSA) is 42.4 Å². The zero-order valence-corrected chi connectivity index (χ0v) is 12.5. The van der Waals surface area contributed by atoms with E-state index in [-0.39, 0.29) is 12.2 Å². The Labute approximate surface area is 125 Å². The molecular weight excluding hydrogens is 264 g/mol. The molecule has 0 fully saturated rings. The van der Waals surface area contributed by atoms with Crippen molar-refractivity contribution in [1.29, 1.82) is 0 Å². The highest BCUT2D eigenvalue weighted by Gasteiger charge is 2.23. The van der Waals surface area contributed by atoms with Crippen molar-refractivity contribution < 1.29 is 9.53 Å². The quantitative estimate of drug-likeness (QED) is 0.837. The number of rotatable bonds is 2. The number of hydrogen-bond donors (Lipinski definition) is 0. The molecule has 3 rings (SSSR count). The molecule has 1 aromatic heterocycles. The van der Waals surface area contributed by atoms with Gasteiger partial charge in [-0.25, -0.2) is 4.79 Å². The van der Waals surface area contributed by atoms with Crippen LogP contribution in [0, 0.1) is 0 Å². The van der Waals surface area contributed by atoms with Gasteiger partial charge in [-0.3, -0.25) is 4.98 Å². The fourth-order valence-corrected chi connectivity index (χ4v) is 2.81. The first-order valence-corrected chi connectivity index (χ1v) is 7.44. The van der Waals surface area contributed by atoms with Gasteiger partial charge in [-0.1, -0.05) is 18.2 Å². The van der Waals surface area contributed by atoms with Gasteiger partial charge in [0.1, 0.15) is 0 Å². The second-order valence-corrected chi connectivity index (χ2v) is 5.68. The van der Waals surface area contributed by atoms with Crippen LogP contribution in [0.1, 0.15) is 31.5 Å². The molecule has 1 aromatic rings. The minimum Gasteiger partial charge on any atom is -0.447 e. The maximum absolute atomic E-state index is 11.9. The number of fused-ring (bicyclic) bond motifs is 1. The van der Waals surface area contributed by atoms with E-state index in [0.717, 1.165) is 18.5 Å². The first-order valence-electron chi connectivity index (χ1n) is 7.44. The second-order valence-electron chi connectivity index (χ2n) is 5.68. The molecular formula is C17H20N2O2. The average Bonchev–Trinajstić information content (AvgIpc) is 2.90. The number of carbonyl (C=O) groups excluding carboxylic acids is 1. The van der Waals surface area contributed by atoms with Crippen molar-refractivity contribution in [2.24, 2.45) is 0 Å². The molecule has 0 N–H and O–H groups in total. The lowest BCUT2D eigenvalue weighted by Crippen LogP contribution is -2.36. The van der Waals surface area contributed by atoms with E-state index < -0.39 is 0 Å². The maximum Gasteiger partial charge on any atom is 0.410 e. The number of pyridine rings is 1. The Morgan fingerprint density at radius 3 is 2.95 bits per heavy atom. The molecule has 1 amide bonds. The maximum atomic E-state index is 11.9. The predicted octanol–water partition coefficient (Wildman–Crippen LogP) is 3.20. The van der Waals surface area contributed by atoms with Crippen molar-refractivity contribution in [3.8, 4) is 0 Å². The molecule has 1 aliphatic heterocycles. The predicted molar refractivity (Wildman–Crippen MR) is 81.8 cm³/mol. The Bertz CT molecular complexity index is 617. The molecule has 2 aliphatic rings. The Kier molecular flexibility index (Phi) is 3.78. The first-order chi connectivity index (χ1) is 10.1. The summed E-state index contributed by atoms with van der Waals surface area (Å²) >= 11 is 0. The normalized spacial score (nSPS) is 17.4. The van der Waals surface area contributed by atoms with Gasteiger partial charge in [0.05, 0.1) is 11.8 Å². The summed E-state index contributed by atoms with van der Waals surface area (Å²) in [5.74, 6) is 0. The van der Waals surface area contributed by atoms with Gasteiger partial charge in [-0.2, -0.15) is 0 Å². The van der Waals surface area contributed by atoms with Gasteiger partial charge < -0.3 is 9.64 Å². The molecule has 0 radical (unpaired) electrons. The van der Waals surface area contributed by atoms with Crippen LogP contribution in [0.25, 0.3) is 5.57 Å². The Morgan fingerprint density at radius 2 is 2.24 bits per heavy atom. The smallest absolute Gasteiger partial charge is 0.410 e. The van der Waals surface area contributed by atoms with Crippen molar-refractivity contribution >= 4 is 11.7 Å². The minimum absolute atomic E-state index is 0.0710. The highest BCUT2D eigenvalue weighted by atomic mass is 16.6. The molecule has 4 heteroatoms. The number of ether oxygens (including phenoxy) is 1. The number of aromatic nitrogens is 1. The van der Waals surface area contributed by atoms with Crippen LogP contribution in [0.2, 0.25) is 0 Å². The summed E-state index contributed by atoms with van der Waals surface area (Å²) in [7, 11) is 0. The molecule has 1 aliphatic carbocycles. The molecule has 0 saturated carbocycles. The number of amides is 1. The van der Waals surface area contributed by atoms with Crippen LogP contribution in [0.15, 0.2) is 36.1 Å². The van der Waals surface area contributed by atoms with Gasteiger partial charge in [0.2, 0.25) is 0 Å². The van der Waals surface area contributed by atoms with Crippen LogP contribution in [0.3, 0.4) is 0 Å². The van der Waals surface area contributed by atoms with Gasteiger partial charge in [0.25, 0.3) is 0 Å². The third kappa shape index (κ3) is 2.84. The molecule has 0 atom stereocenters. The zero-order valence-electron chi connectivity index (χ0n) is 12.5. The summed E-state index contributed by atoms with van der Waals surface area (Å²) in [4.78, 5) is 18.1. The molecule has 110 valence electrons. The number of hydrogen-bond acceptors (Lipinski definition) is 3. The monoisotopic (exact) mass is 284 g/mol. The first kappa shape index (κ1) is 13.9. The zero-order chi connectivity index (χ0) is 14.8. The lowest BCUT2D eigenvalue weighted by atomic mass is 9.96. The Morgan fingerprint density at radius 1 is 1.38 bits per heavy atom. The van der Waals surface area contributed by atoms with Crippen LogP contribution in [0.4, 0.5) is 4.79 Å². The summed E-state index contributed by atoms with van der Waals surface area (Å²) < 4.78 is 5.24. The van der Waals surface area contributed by atoms with E-state index in [1.165, 1.54) is 16.7 Å². The fraction of sp³-hybridized carbons (Fsp3) is 0.412. The van der Waals surface area contributed by atoms with Crippen LogP contribution in [-0.4, -0.2) is 35.2 Å². The van der Waals surface area contributed by atoms with Gasteiger partial charge in [0.15, 0.2) is 0 Å². The number of allylic oxidation sites excluding steroid dienone is 2. The molecule has 0 bridgehead atoms. The van der Waals surface area contributed by atoms with Crippen LogP contribution >= 0.6 is 0 Å². The third-order valence-electron chi connectivity index (χ3n) is 3.83.